The van der Waals surface area contributed by atoms with Crippen molar-refractivity contribution in [2.24, 2.45) is 0 Å². The Labute approximate surface area is 123 Å². The normalized spacial score (nSPS) is 16.2. The molecule has 5 heteroatoms. The van der Waals surface area contributed by atoms with Crippen LogP contribution in [-0.4, -0.2) is 39.4 Å². The Morgan fingerprint density at radius 3 is 2.38 bits per heavy atom. The number of rotatable bonds is 2. The van der Waals surface area contributed by atoms with Crippen molar-refractivity contribution in [2.75, 3.05) is 18.0 Å². The Morgan fingerprint density at radius 2 is 1.76 bits per heavy atom. The molecule has 1 saturated heterocycles. The van der Waals surface area contributed by atoms with Crippen molar-refractivity contribution in [3.05, 3.63) is 36.2 Å². The molecule has 3 rings (SSSR count). The van der Waals surface area contributed by atoms with E-state index in [1.54, 1.807) is 18.5 Å². The van der Waals surface area contributed by atoms with E-state index in [9.17, 15) is 10.2 Å². The Hall–Kier alpha value is -2.14. The highest BCUT2D eigenvalue weighted by atomic mass is 16.3. The van der Waals surface area contributed by atoms with E-state index in [-0.39, 0.29) is 11.9 Å². The number of phenolic OH excluding ortho intramolecular Hbond substituents is 1. The van der Waals surface area contributed by atoms with Gasteiger partial charge in [-0.05, 0) is 37.0 Å². The van der Waals surface area contributed by atoms with Gasteiger partial charge >= 0.3 is 0 Å². The maximum Gasteiger partial charge on any atom is 0.225 e. The fourth-order valence-corrected chi connectivity index (χ4v) is 2.49. The van der Waals surface area contributed by atoms with E-state index in [0.717, 1.165) is 42.6 Å². The van der Waals surface area contributed by atoms with E-state index >= 15 is 0 Å². The van der Waals surface area contributed by atoms with Crippen molar-refractivity contribution < 1.29 is 10.2 Å². The van der Waals surface area contributed by atoms with Gasteiger partial charge in [-0.3, -0.25) is 0 Å². The average Bonchev–Trinajstić information content (AvgIpc) is 2.51. The summed E-state index contributed by atoms with van der Waals surface area (Å²) in [6, 6.07) is 5.56. The van der Waals surface area contributed by atoms with Gasteiger partial charge in [0.2, 0.25) is 5.95 Å². The molecule has 1 aliphatic heterocycles. The molecule has 21 heavy (non-hydrogen) atoms. The van der Waals surface area contributed by atoms with E-state index < -0.39 is 0 Å². The van der Waals surface area contributed by atoms with E-state index in [1.165, 1.54) is 0 Å². The smallest absolute Gasteiger partial charge is 0.225 e. The molecule has 0 aliphatic carbocycles. The van der Waals surface area contributed by atoms with Gasteiger partial charge in [0, 0.05) is 31.0 Å². The number of hydrogen-bond acceptors (Lipinski definition) is 5. The van der Waals surface area contributed by atoms with Gasteiger partial charge < -0.3 is 15.1 Å². The first-order valence-corrected chi connectivity index (χ1v) is 7.18. The monoisotopic (exact) mass is 285 g/mol. The summed E-state index contributed by atoms with van der Waals surface area (Å²) in [5.41, 5.74) is 2.63. The third-order valence-electron chi connectivity index (χ3n) is 3.93. The summed E-state index contributed by atoms with van der Waals surface area (Å²) in [5.74, 6) is 0.976. The van der Waals surface area contributed by atoms with E-state index in [1.807, 2.05) is 19.1 Å². The number of aryl methyl sites for hydroxylation is 1. The van der Waals surface area contributed by atoms with Crippen molar-refractivity contribution in [3.63, 3.8) is 0 Å². The molecule has 0 atom stereocenters. The Kier molecular flexibility index (Phi) is 3.75. The Balaban J connectivity index is 1.79. The number of aliphatic hydroxyl groups excluding tert-OH is 1. The van der Waals surface area contributed by atoms with Crippen molar-refractivity contribution in [1.82, 2.24) is 9.97 Å². The molecule has 2 aromatic rings. The molecule has 0 bridgehead atoms. The minimum atomic E-state index is -0.198. The van der Waals surface area contributed by atoms with Crippen molar-refractivity contribution >= 4 is 5.95 Å². The minimum Gasteiger partial charge on any atom is -0.508 e. The van der Waals surface area contributed by atoms with Crippen LogP contribution in [0.3, 0.4) is 0 Å². The van der Waals surface area contributed by atoms with Gasteiger partial charge in [0.15, 0.2) is 0 Å². The van der Waals surface area contributed by atoms with Crippen LogP contribution in [0, 0.1) is 6.92 Å². The van der Waals surface area contributed by atoms with Crippen LogP contribution in [0.2, 0.25) is 0 Å². The zero-order valence-corrected chi connectivity index (χ0v) is 12.0. The predicted octanol–water partition coefficient (Wildman–Crippen LogP) is 2.12. The SMILES string of the molecule is Cc1ccc(-c2cnc(N3CCC(O)CC3)nc2)cc1O. The third-order valence-corrected chi connectivity index (χ3v) is 3.93. The highest BCUT2D eigenvalue weighted by Gasteiger charge is 2.18. The number of nitrogens with zero attached hydrogens (tertiary/aromatic N) is 3. The second-order valence-corrected chi connectivity index (χ2v) is 5.49. The molecule has 1 aromatic heterocycles. The molecule has 0 saturated carbocycles. The van der Waals surface area contributed by atoms with Crippen LogP contribution in [0.25, 0.3) is 11.1 Å². The molecular formula is C16H19N3O2. The second-order valence-electron chi connectivity index (χ2n) is 5.49. The summed E-state index contributed by atoms with van der Waals surface area (Å²) in [7, 11) is 0. The molecular weight excluding hydrogens is 266 g/mol. The van der Waals surface area contributed by atoms with Gasteiger partial charge in [0.05, 0.1) is 6.10 Å². The second kappa shape index (κ2) is 5.69. The number of aliphatic hydroxyl groups is 1. The summed E-state index contributed by atoms with van der Waals surface area (Å²) >= 11 is 0. The molecule has 1 aromatic carbocycles. The lowest BCUT2D eigenvalue weighted by Gasteiger charge is -2.29. The van der Waals surface area contributed by atoms with Crippen LogP contribution in [0.4, 0.5) is 5.95 Å². The summed E-state index contributed by atoms with van der Waals surface area (Å²) in [6.45, 7) is 3.43. The fourth-order valence-electron chi connectivity index (χ4n) is 2.49. The van der Waals surface area contributed by atoms with Gasteiger partial charge in [-0.15, -0.1) is 0 Å². The summed E-state index contributed by atoms with van der Waals surface area (Å²) < 4.78 is 0. The van der Waals surface area contributed by atoms with Crippen LogP contribution < -0.4 is 4.90 Å². The quantitative estimate of drug-likeness (QED) is 0.884. The van der Waals surface area contributed by atoms with Crippen LogP contribution in [-0.2, 0) is 0 Å². The zero-order chi connectivity index (χ0) is 14.8. The molecule has 0 amide bonds. The van der Waals surface area contributed by atoms with E-state index in [2.05, 4.69) is 14.9 Å². The highest BCUT2D eigenvalue weighted by Crippen LogP contribution is 2.26. The van der Waals surface area contributed by atoms with Gasteiger partial charge in [-0.2, -0.15) is 0 Å². The number of benzene rings is 1. The molecule has 5 nitrogen and oxygen atoms in total. The Bertz CT molecular complexity index is 620. The largest absolute Gasteiger partial charge is 0.508 e. The number of hydrogen-bond donors (Lipinski definition) is 2. The van der Waals surface area contributed by atoms with Crippen LogP contribution in [0.1, 0.15) is 18.4 Å². The summed E-state index contributed by atoms with van der Waals surface area (Å²) in [4.78, 5) is 10.9. The van der Waals surface area contributed by atoms with E-state index in [4.69, 9.17) is 0 Å². The summed E-state index contributed by atoms with van der Waals surface area (Å²) in [5, 5.41) is 19.3. The van der Waals surface area contributed by atoms with Crippen molar-refractivity contribution in [3.8, 4) is 16.9 Å². The molecule has 0 radical (unpaired) electrons. The molecule has 0 spiro atoms. The molecule has 1 fully saturated rings. The topological polar surface area (TPSA) is 69.5 Å². The minimum absolute atomic E-state index is 0.198. The maximum atomic E-state index is 9.77. The molecule has 110 valence electrons. The third kappa shape index (κ3) is 2.97. The highest BCUT2D eigenvalue weighted by molar-refractivity contribution is 5.64. The average molecular weight is 285 g/mol. The first kappa shape index (κ1) is 13.8. The first-order valence-electron chi connectivity index (χ1n) is 7.18. The Morgan fingerprint density at radius 1 is 1.10 bits per heavy atom. The predicted molar refractivity (Wildman–Crippen MR) is 81.3 cm³/mol. The number of anilines is 1. The lowest BCUT2D eigenvalue weighted by atomic mass is 10.1. The first-order chi connectivity index (χ1) is 10.1. The molecule has 1 aliphatic rings. The maximum absolute atomic E-state index is 9.77. The fraction of sp³-hybridized carbons (Fsp3) is 0.375. The standard InChI is InChI=1S/C16H19N3O2/c1-11-2-3-12(8-15(11)21)13-9-17-16(18-10-13)19-6-4-14(20)5-7-19/h2-3,8-10,14,20-21H,4-7H2,1H3. The van der Waals surface area contributed by atoms with Gasteiger partial charge in [-0.25, -0.2) is 9.97 Å². The van der Waals surface area contributed by atoms with Gasteiger partial charge in [0.25, 0.3) is 0 Å². The summed E-state index contributed by atoms with van der Waals surface area (Å²) in [6.07, 6.45) is 4.87. The number of aromatic hydroxyl groups is 1. The van der Waals surface area contributed by atoms with Crippen molar-refractivity contribution in [1.29, 1.82) is 0 Å². The number of aromatic nitrogens is 2. The molecule has 2 N–H and O–H groups in total. The van der Waals surface area contributed by atoms with Crippen LogP contribution >= 0.6 is 0 Å². The molecule has 0 unspecified atom stereocenters. The van der Waals surface area contributed by atoms with Gasteiger partial charge in [0.1, 0.15) is 5.75 Å². The zero-order valence-electron chi connectivity index (χ0n) is 12.0. The van der Waals surface area contributed by atoms with Gasteiger partial charge in [-0.1, -0.05) is 12.1 Å². The van der Waals surface area contributed by atoms with Crippen molar-refractivity contribution in [2.45, 2.75) is 25.9 Å². The van der Waals surface area contributed by atoms with Crippen LogP contribution in [0.15, 0.2) is 30.6 Å². The number of piperidine rings is 1. The lowest BCUT2D eigenvalue weighted by molar-refractivity contribution is 0.145. The molecule has 2 heterocycles. The van der Waals surface area contributed by atoms with Crippen LogP contribution in [0.5, 0.6) is 5.75 Å². The lowest BCUT2D eigenvalue weighted by Crippen LogP contribution is -2.36. The number of phenols is 1. The van der Waals surface area contributed by atoms with E-state index in [0.29, 0.717) is 5.95 Å².